The molecule has 1 fully saturated rings. The first-order valence-corrected chi connectivity index (χ1v) is 11.0. The van der Waals surface area contributed by atoms with Crippen LogP contribution in [0.3, 0.4) is 0 Å². The molecule has 2 amide bonds. The second-order valence-corrected chi connectivity index (χ2v) is 9.70. The minimum Gasteiger partial charge on any atom is -0.379 e. The van der Waals surface area contributed by atoms with Crippen LogP contribution in [0.5, 0.6) is 0 Å². The summed E-state index contributed by atoms with van der Waals surface area (Å²) in [5.74, 6) is -1.54. The Labute approximate surface area is 194 Å². The molecule has 0 radical (unpaired) electrons. The number of nitrogens with one attached hydrogen (secondary N) is 1. The van der Waals surface area contributed by atoms with Gasteiger partial charge in [0.05, 0.1) is 11.1 Å². The summed E-state index contributed by atoms with van der Waals surface area (Å²) >= 11 is 0. The molecule has 0 saturated carbocycles. The van der Waals surface area contributed by atoms with Crippen LogP contribution in [0.25, 0.3) is 0 Å². The lowest BCUT2D eigenvalue weighted by molar-refractivity contribution is -0.166. The lowest BCUT2D eigenvalue weighted by Crippen LogP contribution is -2.57. The number of amides is 2. The molecule has 0 spiro atoms. The molecule has 1 aliphatic heterocycles. The van der Waals surface area contributed by atoms with Crippen LogP contribution < -0.4 is 5.32 Å². The third-order valence-corrected chi connectivity index (χ3v) is 6.41. The van der Waals surface area contributed by atoms with Crippen molar-refractivity contribution in [2.45, 2.75) is 64.9 Å². The Morgan fingerprint density at radius 3 is 1.82 bits per heavy atom. The standard InChI is InChI=1S/C23H30F6N2O3/c1-5-21(34,20(2,3)4)19(33)31-8-6-14(7-9-31)13-30-18(32)15-10-16(22(24,25)26)12-17(11-15)23(27,28)29/h10-12,14,34H,5-9,13H2,1-4H3,(H,30,32). The third-order valence-electron chi connectivity index (χ3n) is 6.41. The molecule has 1 saturated heterocycles. The summed E-state index contributed by atoms with van der Waals surface area (Å²) in [4.78, 5) is 26.8. The van der Waals surface area contributed by atoms with Crippen molar-refractivity contribution in [1.29, 1.82) is 0 Å². The van der Waals surface area contributed by atoms with Crippen molar-refractivity contribution in [3.63, 3.8) is 0 Å². The number of likely N-dealkylation sites (tertiary alicyclic amines) is 1. The number of carbonyl (C=O) groups is 2. The predicted octanol–water partition coefficient (Wildman–Crippen LogP) is 4.88. The van der Waals surface area contributed by atoms with E-state index < -0.39 is 46.0 Å². The number of hydrogen-bond donors (Lipinski definition) is 2. The van der Waals surface area contributed by atoms with Gasteiger partial charge >= 0.3 is 12.4 Å². The molecule has 1 heterocycles. The summed E-state index contributed by atoms with van der Waals surface area (Å²) in [7, 11) is 0. The maximum Gasteiger partial charge on any atom is 0.416 e. The van der Waals surface area contributed by atoms with Crippen LogP contribution in [0.15, 0.2) is 18.2 Å². The second kappa shape index (κ2) is 9.75. The molecular weight excluding hydrogens is 466 g/mol. The van der Waals surface area contributed by atoms with E-state index in [-0.39, 0.29) is 30.9 Å². The smallest absolute Gasteiger partial charge is 0.379 e. The Bertz CT molecular complexity index is 867. The molecular formula is C23H30F6N2O3. The van der Waals surface area contributed by atoms with Gasteiger partial charge in [0, 0.05) is 25.2 Å². The van der Waals surface area contributed by atoms with Gasteiger partial charge in [-0.25, -0.2) is 0 Å². The van der Waals surface area contributed by atoms with E-state index >= 15 is 0 Å². The highest BCUT2D eigenvalue weighted by molar-refractivity contribution is 5.94. The lowest BCUT2D eigenvalue weighted by atomic mass is 9.73. The number of benzene rings is 1. The van der Waals surface area contributed by atoms with Crippen molar-refractivity contribution >= 4 is 11.8 Å². The first-order valence-electron chi connectivity index (χ1n) is 11.0. The van der Waals surface area contributed by atoms with Gasteiger partial charge in [-0.3, -0.25) is 9.59 Å². The number of piperidine rings is 1. The maximum atomic E-state index is 13.0. The SMILES string of the molecule is CCC(O)(C(=O)N1CCC(CNC(=O)c2cc(C(F)(F)F)cc(C(F)(F)F)c2)CC1)C(C)(C)C. The molecule has 0 bridgehead atoms. The second-order valence-electron chi connectivity index (χ2n) is 9.70. The largest absolute Gasteiger partial charge is 0.416 e. The van der Waals surface area contributed by atoms with Gasteiger partial charge in [0.25, 0.3) is 11.8 Å². The molecule has 34 heavy (non-hydrogen) atoms. The van der Waals surface area contributed by atoms with Crippen molar-refractivity contribution < 1.29 is 41.0 Å². The summed E-state index contributed by atoms with van der Waals surface area (Å²) in [6.45, 7) is 7.72. The van der Waals surface area contributed by atoms with E-state index in [2.05, 4.69) is 5.32 Å². The van der Waals surface area contributed by atoms with Gasteiger partial charge in [-0.15, -0.1) is 0 Å². The first kappa shape index (κ1) is 27.9. The van der Waals surface area contributed by atoms with Gasteiger partial charge in [0.1, 0.15) is 5.60 Å². The molecule has 11 heteroatoms. The number of rotatable bonds is 5. The summed E-state index contributed by atoms with van der Waals surface area (Å²) in [5.41, 5.74) is -6.05. The fourth-order valence-corrected chi connectivity index (χ4v) is 4.03. The van der Waals surface area contributed by atoms with Crippen LogP contribution in [0.2, 0.25) is 0 Å². The minimum absolute atomic E-state index is 0.0292. The van der Waals surface area contributed by atoms with E-state index in [0.29, 0.717) is 38.1 Å². The zero-order valence-corrected chi connectivity index (χ0v) is 19.5. The Balaban J connectivity index is 2.03. The van der Waals surface area contributed by atoms with Gasteiger partial charge in [-0.05, 0) is 48.8 Å². The Kier molecular flexibility index (Phi) is 8.01. The van der Waals surface area contributed by atoms with E-state index in [4.69, 9.17) is 0 Å². The van der Waals surface area contributed by atoms with Crippen LogP contribution in [0.1, 0.15) is 68.4 Å². The number of carbonyl (C=O) groups excluding carboxylic acids is 2. The van der Waals surface area contributed by atoms with Gasteiger partial charge in [0.15, 0.2) is 0 Å². The number of nitrogens with zero attached hydrogens (tertiary/aromatic N) is 1. The summed E-state index contributed by atoms with van der Waals surface area (Å²) in [6, 6.07) is 0.756. The molecule has 1 aromatic rings. The maximum absolute atomic E-state index is 13.0. The molecule has 5 nitrogen and oxygen atoms in total. The zero-order chi connectivity index (χ0) is 26.1. The number of aliphatic hydroxyl groups is 1. The predicted molar refractivity (Wildman–Crippen MR) is 113 cm³/mol. The Morgan fingerprint density at radius 1 is 0.971 bits per heavy atom. The van der Waals surface area contributed by atoms with E-state index in [1.807, 2.05) is 0 Å². The minimum atomic E-state index is -5.04. The van der Waals surface area contributed by atoms with Crippen LogP contribution in [0.4, 0.5) is 26.3 Å². The van der Waals surface area contributed by atoms with Crippen molar-refractivity contribution in [3.8, 4) is 0 Å². The van der Waals surface area contributed by atoms with Crippen LogP contribution in [-0.4, -0.2) is 47.1 Å². The topological polar surface area (TPSA) is 69.6 Å². The lowest BCUT2D eigenvalue weighted by Gasteiger charge is -2.43. The van der Waals surface area contributed by atoms with Gasteiger partial charge in [0.2, 0.25) is 0 Å². The van der Waals surface area contributed by atoms with Gasteiger partial charge in [-0.1, -0.05) is 27.7 Å². The van der Waals surface area contributed by atoms with Crippen LogP contribution in [-0.2, 0) is 17.1 Å². The summed E-state index contributed by atoms with van der Waals surface area (Å²) < 4.78 is 78.1. The van der Waals surface area contributed by atoms with E-state index in [9.17, 15) is 41.0 Å². The highest BCUT2D eigenvalue weighted by Gasteiger charge is 2.47. The molecule has 2 N–H and O–H groups in total. The Hall–Kier alpha value is -2.30. The van der Waals surface area contributed by atoms with E-state index in [1.54, 1.807) is 32.6 Å². The van der Waals surface area contributed by atoms with E-state index in [0.717, 1.165) is 0 Å². The summed E-state index contributed by atoms with van der Waals surface area (Å²) in [5, 5.41) is 13.3. The van der Waals surface area contributed by atoms with Crippen molar-refractivity contribution in [2.24, 2.45) is 11.3 Å². The third kappa shape index (κ3) is 6.22. The van der Waals surface area contributed by atoms with Crippen LogP contribution in [0, 0.1) is 11.3 Å². The molecule has 192 valence electrons. The molecule has 0 aromatic heterocycles. The van der Waals surface area contributed by atoms with Crippen molar-refractivity contribution in [2.75, 3.05) is 19.6 Å². The average Bonchev–Trinajstić information content (AvgIpc) is 2.74. The van der Waals surface area contributed by atoms with Crippen molar-refractivity contribution in [3.05, 3.63) is 34.9 Å². The zero-order valence-electron chi connectivity index (χ0n) is 19.5. The van der Waals surface area contributed by atoms with Gasteiger partial charge in [-0.2, -0.15) is 26.3 Å². The number of hydrogen-bond acceptors (Lipinski definition) is 3. The van der Waals surface area contributed by atoms with E-state index in [1.165, 1.54) is 0 Å². The highest BCUT2D eigenvalue weighted by Crippen LogP contribution is 2.37. The number of alkyl halides is 6. The number of halogens is 6. The van der Waals surface area contributed by atoms with Crippen LogP contribution >= 0.6 is 0 Å². The fraction of sp³-hybridized carbons (Fsp3) is 0.652. The summed E-state index contributed by atoms with van der Waals surface area (Å²) in [6.07, 6.45) is -8.91. The monoisotopic (exact) mass is 496 g/mol. The first-order chi connectivity index (χ1) is 15.4. The molecule has 2 rings (SSSR count). The quantitative estimate of drug-likeness (QED) is 0.571. The van der Waals surface area contributed by atoms with Gasteiger partial charge < -0.3 is 15.3 Å². The molecule has 1 aliphatic rings. The normalized spacial score (nSPS) is 17.9. The molecule has 1 aromatic carbocycles. The molecule has 0 aliphatic carbocycles. The fourth-order valence-electron chi connectivity index (χ4n) is 4.03. The molecule has 1 atom stereocenters. The molecule has 1 unspecified atom stereocenters. The van der Waals surface area contributed by atoms with Crippen molar-refractivity contribution in [1.82, 2.24) is 10.2 Å². The highest BCUT2D eigenvalue weighted by atomic mass is 19.4. The Morgan fingerprint density at radius 2 is 1.44 bits per heavy atom. The average molecular weight is 496 g/mol.